The molecule has 144 valence electrons. The van der Waals surface area contributed by atoms with E-state index in [9.17, 15) is 14.4 Å². The Morgan fingerprint density at radius 1 is 1.30 bits per heavy atom. The third kappa shape index (κ3) is 4.08. The lowest BCUT2D eigenvalue weighted by atomic mass is 9.98. The summed E-state index contributed by atoms with van der Waals surface area (Å²) in [5.74, 6) is 0.459. The number of carbonyl (C=O) groups is 2. The van der Waals surface area contributed by atoms with Crippen molar-refractivity contribution in [2.45, 2.75) is 18.7 Å². The standard InChI is InChI=1S/C16H19N5O6/c1-25-9-4-3-8(5-10(9)26-2)13-14(27-7-12(22)19-13)15(23)17-6-11-18-16(24)21-20-11/h3-5,13-14H,6-7H2,1-2H3,(H,17,23)(H,19,22)(H2,18,20,21,24)/t13-,14+/m1/s1. The van der Waals surface area contributed by atoms with Crippen LogP contribution in [-0.2, 0) is 20.9 Å². The van der Waals surface area contributed by atoms with Crippen LogP contribution in [0.1, 0.15) is 17.4 Å². The highest BCUT2D eigenvalue weighted by molar-refractivity contribution is 5.86. The summed E-state index contributed by atoms with van der Waals surface area (Å²) in [6.07, 6.45) is -0.966. The van der Waals surface area contributed by atoms with Gasteiger partial charge in [-0.05, 0) is 17.7 Å². The van der Waals surface area contributed by atoms with E-state index in [1.807, 2.05) is 0 Å². The number of aromatic amines is 2. The van der Waals surface area contributed by atoms with Gasteiger partial charge in [0.25, 0.3) is 5.91 Å². The summed E-state index contributed by atoms with van der Waals surface area (Å²) in [5.41, 5.74) is 0.151. The number of hydrogen-bond acceptors (Lipinski definition) is 7. The Morgan fingerprint density at radius 2 is 2.07 bits per heavy atom. The predicted octanol–water partition coefficient (Wildman–Crippen LogP) is -1.01. The molecule has 3 rings (SSSR count). The lowest BCUT2D eigenvalue weighted by Gasteiger charge is -2.32. The molecule has 0 aliphatic carbocycles. The van der Waals surface area contributed by atoms with Gasteiger partial charge >= 0.3 is 5.69 Å². The average molecular weight is 377 g/mol. The van der Waals surface area contributed by atoms with Crippen LogP contribution in [-0.4, -0.2) is 53.9 Å². The van der Waals surface area contributed by atoms with Crippen LogP contribution in [0.2, 0.25) is 0 Å². The maximum Gasteiger partial charge on any atom is 0.340 e. The first-order valence-electron chi connectivity index (χ1n) is 8.06. The molecule has 0 saturated carbocycles. The zero-order chi connectivity index (χ0) is 19.4. The largest absolute Gasteiger partial charge is 0.493 e. The topological polar surface area (TPSA) is 147 Å². The van der Waals surface area contributed by atoms with Crippen molar-refractivity contribution in [1.29, 1.82) is 0 Å². The van der Waals surface area contributed by atoms with Gasteiger partial charge in [-0.3, -0.25) is 14.6 Å². The van der Waals surface area contributed by atoms with Gasteiger partial charge in [-0.15, -0.1) is 0 Å². The van der Waals surface area contributed by atoms with E-state index < -0.39 is 23.7 Å². The van der Waals surface area contributed by atoms with E-state index >= 15 is 0 Å². The fourth-order valence-corrected chi connectivity index (χ4v) is 2.74. The molecule has 1 aromatic heterocycles. The van der Waals surface area contributed by atoms with Crippen molar-refractivity contribution in [2.24, 2.45) is 0 Å². The van der Waals surface area contributed by atoms with E-state index in [0.29, 0.717) is 17.1 Å². The minimum absolute atomic E-state index is 0.00400. The summed E-state index contributed by atoms with van der Waals surface area (Å²) in [6.45, 7) is -0.231. The minimum atomic E-state index is -0.966. The zero-order valence-corrected chi connectivity index (χ0v) is 14.7. The van der Waals surface area contributed by atoms with Gasteiger partial charge in [0.1, 0.15) is 12.4 Å². The van der Waals surface area contributed by atoms with Gasteiger partial charge in [-0.2, -0.15) is 5.10 Å². The van der Waals surface area contributed by atoms with Crippen LogP contribution in [0.5, 0.6) is 11.5 Å². The maximum absolute atomic E-state index is 12.6. The molecule has 2 heterocycles. The number of morpholine rings is 1. The van der Waals surface area contributed by atoms with Gasteiger partial charge in [-0.25, -0.2) is 9.89 Å². The summed E-state index contributed by atoms with van der Waals surface area (Å²) >= 11 is 0. The van der Waals surface area contributed by atoms with Crippen molar-refractivity contribution in [3.63, 3.8) is 0 Å². The second kappa shape index (κ2) is 7.91. The Hall–Kier alpha value is -3.34. The van der Waals surface area contributed by atoms with Crippen molar-refractivity contribution in [3.05, 3.63) is 40.1 Å². The Kier molecular flexibility index (Phi) is 5.41. The number of ether oxygens (including phenoxy) is 3. The van der Waals surface area contributed by atoms with Crippen molar-refractivity contribution in [3.8, 4) is 11.5 Å². The number of hydrogen-bond donors (Lipinski definition) is 4. The van der Waals surface area contributed by atoms with E-state index in [4.69, 9.17) is 14.2 Å². The first-order chi connectivity index (χ1) is 13.0. The number of benzene rings is 1. The number of aromatic nitrogens is 3. The number of H-pyrrole nitrogens is 2. The molecular weight excluding hydrogens is 358 g/mol. The Labute approximate surface area is 153 Å². The number of amides is 2. The summed E-state index contributed by atoms with van der Waals surface area (Å²) in [6, 6.07) is 4.35. The molecule has 11 nitrogen and oxygen atoms in total. The number of rotatable bonds is 6. The van der Waals surface area contributed by atoms with E-state index in [1.54, 1.807) is 18.2 Å². The Bertz CT molecular complexity index is 891. The molecule has 0 spiro atoms. The number of carbonyl (C=O) groups excluding carboxylic acids is 2. The molecule has 1 aliphatic rings. The molecule has 0 radical (unpaired) electrons. The van der Waals surface area contributed by atoms with Crippen LogP contribution < -0.4 is 25.8 Å². The Balaban J connectivity index is 1.79. The zero-order valence-electron chi connectivity index (χ0n) is 14.7. The molecule has 1 aromatic carbocycles. The summed E-state index contributed by atoms with van der Waals surface area (Å²) in [4.78, 5) is 37.8. The quantitative estimate of drug-likeness (QED) is 0.504. The van der Waals surface area contributed by atoms with Crippen LogP contribution in [0.25, 0.3) is 0 Å². The second-order valence-corrected chi connectivity index (χ2v) is 5.73. The maximum atomic E-state index is 12.6. The molecule has 1 aliphatic heterocycles. The van der Waals surface area contributed by atoms with E-state index in [0.717, 1.165) is 0 Å². The van der Waals surface area contributed by atoms with Gasteiger partial charge in [0.05, 0.1) is 26.8 Å². The van der Waals surface area contributed by atoms with Crippen molar-refractivity contribution in [2.75, 3.05) is 20.8 Å². The van der Waals surface area contributed by atoms with Crippen molar-refractivity contribution < 1.29 is 23.8 Å². The fraction of sp³-hybridized carbons (Fsp3) is 0.375. The molecule has 2 aromatic rings. The highest BCUT2D eigenvalue weighted by Crippen LogP contribution is 2.32. The van der Waals surface area contributed by atoms with E-state index in [1.165, 1.54) is 14.2 Å². The van der Waals surface area contributed by atoms with Crippen molar-refractivity contribution >= 4 is 11.8 Å². The van der Waals surface area contributed by atoms with Crippen LogP contribution in [0, 0.1) is 0 Å². The van der Waals surface area contributed by atoms with Gasteiger partial charge in [-0.1, -0.05) is 6.07 Å². The summed E-state index contributed by atoms with van der Waals surface area (Å²) in [7, 11) is 3.01. The molecule has 1 saturated heterocycles. The van der Waals surface area contributed by atoms with Gasteiger partial charge in [0, 0.05) is 0 Å². The first-order valence-corrected chi connectivity index (χ1v) is 8.06. The molecule has 1 fully saturated rings. The molecule has 2 atom stereocenters. The molecular formula is C16H19N5O6. The number of nitrogens with zero attached hydrogens (tertiary/aromatic N) is 1. The SMILES string of the molecule is COc1ccc([C@H]2NC(=O)CO[C@@H]2C(=O)NCc2n[nH]c(=O)[nH]2)cc1OC. The smallest absolute Gasteiger partial charge is 0.340 e. The average Bonchev–Trinajstić information content (AvgIpc) is 3.10. The van der Waals surface area contributed by atoms with E-state index in [-0.39, 0.29) is 24.9 Å². The van der Waals surface area contributed by atoms with Gasteiger partial charge in [0.15, 0.2) is 17.6 Å². The molecule has 0 unspecified atom stereocenters. The third-order valence-corrected chi connectivity index (χ3v) is 4.02. The third-order valence-electron chi connectivity index (χ3n) is 4.02. The predicted molar refractivity (Wildman–Crippen MR) is 91.2 cm³/mol. The lowest BCUT2D eigenvalue weighted by Crippen LogP contribution is -2.52. The van der Waals surface area contributed by atoms with Crippen LogP contribution in [0.15, 0.2) is 23.0 Å². The summed E-state index contributed by atoms with van der Waals surface area (Å²) in [5, 5.41) is 11.3. The first kappa shape index (κ1) is 18.5. The number of methoxy groups -OCH3 is 2. The molecule has 2 amide bonds. The van der Waals surface area contributed by atoms with Gasteiger partial charge in [0.2, 0.25) is 5.91 Å². The normalized spacial score (nSPS) is 19.3. The highest BCUT2D eigenvalue weighted by atomic mass is 16.5. The minimum Gasteiger partial charge on any atom is -0.493 e. The molecule has 11 heteroatoms. The fourth-order valence-electron chi connectivity index (χ4n) is 2.74. The van der Waals surface area contributed by atoms with Crippen LogP contribution >= 0.6 is 0 Å². The molecule has 0 bridgehead atoms. The number of nitrogens with one attached hydrogen (secondary N) is 4. The highest BCUT2D eigenvalue weighted by Gasteiger charge is 2.36. The van der Waals surface area contributed by atoms with Crippen LogP contribution in [0.3, 0.4) is 0 Å². The molecule has 27 heavy (non-hydrogen) atoms. The molecule has 4 N–H and O–H groups in total. The Morgan fingerprint density at radius 3 is 2.74 bits per heavy atom. The van der Waals surface area contributed by atoms with Crippen LogP contribution in [0.4, 0.5) is 0 Å². The van der Waals surface area contributed by atoms with Crippen molar-refractivity contribution in [1.82, 2.24) is 25.8 Å². The summed E-state index contributed by atoms with van der Waals surface area (Å²) < 4.78 is 15.9. The van der Waals surface area contributed by atoms with Gasteiger partial charge < -0.3 is 24.8 Å². The lowest BCUT2D eigenvalue weighted by molar-refractivity contribution is -0.148. The van der Waals surface area contributed by atoms with E-state index in [2.05, 4.69) is 25.8 Å². The second-order valence-electron chi connectivity index (χ2n) is 5.73. The monoisotopic (exact) mass is 377 g/mol.